The average molecular weight is 330 g/mol. The minimum absolute atomic E-state index is 0.331. The Balaban J connectivity index is 2.42. The van der Waals surface area contributed by atoms with Crippen LogP contribution >= 0.6 is 0 Å². The zero-order valence-electron chi connectivity index (χ0n) is 15.7. The fraction of sp³-hybridized carbons (Fsp3) is 0.400. The Bertz CT molecular complexity index is 662. The zero-order chi connectivity index (χ0) is 18.1. The Morgan fingerprint density at radius 3 is 1.25 bits per heavy atom. The first-order valence-electron chi connectivity index (χ1n) is 8.20. The first-order valence-corrected chi connectivity index (χ1v) is 8.20. The molecule has 0 amide bonds. The molecule has 0 aliphatic heterocycles. The number of hydrogen-bond acceptors (Lipinski definition) is 2. The van der Waals surface area contributed by atoms with Crippen molar-refractivity contribution in [1.82, 2.24) is 0 Å². The highest BCUT2D eigenvalue weighted by molar-refractivity contribution is 5.67. The van der Waals surface area contributed by atoms with Crippen molar-refractivity contribution in [3.05, 3.63) is 47.5 Å². The number of quaternary nitrogens is 2. The third-order valence-electron chi connectivity index (χ3n) is 3.78. The number of nitrogens with zero attached hydrogens (tertiary/aromatic N) is 2. The normalized spacial score (nSPS) is 12.4. The second-order valence-corrected chi connectivity index (χ2v) is 8.58. The number of rotatable bonds is 5. The third-order valence-corrected chi connectivity index (χ3v) is 3.78. The largest absolute Gasteiger partial charge is 0.507 e. The molecule has 0 heterocycles. The van der Waals surface area contributed by atoms with E-state index < -0.39 is 0 Å². The summed E-state index contributed by atoms with van der Waals surface area (Å²) in [5, 5.41) is 20.3. The van der Waals surface area contributed by atoms with Gasteiger partial charge >= 0.3 is 0 Å². The van der Waals surface area contributed by atoms with Crippen molar-refractivity contribution in [1.29, 1.82) is 0 Å². The maximum Gasteiger partial charge on any atom is 0.124 e. The SMILES string of the molecule is C[N+](C)(C)Cc1cc(-c2ccc(O)c(C[N+](C)(C)C)c2)ccc1O. The highest BCUT2D eigenvalue weighted by Crippen LogP contribution is 2.31. The Morgan fingerprint density at radius 2 is 0.958 bits per heavy atom. The molecular weight excluding hydrogens is 300 g/mol. The van der Waals surface area contributed by atoms with Crippen molar-refractivity contribution in [2.45, 2.75) is 13.1 Å². The molecule has 0 aliphatic carbocycles. The molecule has 0 unspecified atom stereocenters. The van der Waals surface area contributed by atoms with Gasteiger partial charge in [-0.15, -0.1) is 0 Å². The van der Waals surface area contributed by atoms with Gasteiger partial charge in [0.1, 0.15) is 24.6 Å². The standard InChI is InChI=1S/C20H28N2O2/c1-21(2,3)13-17-11-15(7-9-19(17)23)16-8-10-20(24)18(12-16)14-22(4,5)6/h7-12H,13-14H2,1-6H3/p+2. The van der Waals surface area contributed by atoms with Crippen molar-refractivity contribution >= 4 is 0 Å². The summed E-state index contributed by atoms with van der Waals surface area (Å²) in [6.07, 6.45) is 0. The van der Waals surface area contributed by atoms with Gasteiger partial charge in [0.2, 0.25) is 0 Å². The first-order chi connectivity index (χ1) is 10.9. The average Bonchev–Trinajstić information content (AvgIpc) is 2.41. The van der Waals surface area contributed by atoms with E-state index in [0.717, 1.165) is 44.3 Å². The molecule has 0 aliphatic rings. The van der Waals surface area contributed by atoms with Crippen LogP contribution in [0.15, 0.2) is 36.4 Å². The number of hydrogen-bond donors (Lipinski definition) is 2. The molecule has 0 saturated carbocycles. The molecule has 0 atom stereocenters. The van der Waals surface area contributed by atoms with Gasteiger partial charge < -0.3 is 19.2 Å². The summed E-state index contributed by atoms with van der Waals surface area (Å²) in [6, 6.07) is 11.5. The van der Waals surface area contributed by atoms with E-state index in [9.17, 15) is 10.2 Å². The molecule has 2 aromatic rings. The Labute approximate surface area is 145 Å². The van der Waals surface area contributed by atoms with E-state index in [0.29, 0.717) is 11.5 Å². The zero-order valence-corrected chi connectivity index (χ0v) is 15.7. The quantitative estimate of drug-likeness (QED) is 0.827. The number of phenolic OH excluding ortho intramolecular Hbond substituents is 2. The van der Waals surface area contributed by atoms with Crippen LogP contribution in [-0.4, -0.2) is 61.5 Å². The van der Waals surface area contributed by atoms with E-state index >= 15 is 0 Å². The van der Waals surface area contributed by atoms with Gasteiger partial charge in [-0.05, 0) is 35.4 Å². The van der Waals surface area contributed by atoms with E-state index in [4.69, 9.17) is 0 Å². The molecule has 0 saturated heterocycles. The summed E-state index contributed by atoms with van der Waals surface area (Å²) < 4.78 is 1.50. The monoisotopic (exact) mass is 330 g/mol. The molecule has 0 bridgehead atoms. The maximum absolute atomic E-state index is 10.1. The minimum atomic E-state index is 0.331. The second kappa shape index (κ2) is 6.46. The molecule has 2 N–H and O–H groups in total. The van der Waals surface area contributed by atoms with Crippen LogP contribution in [0.1, 0.15) is 11.1 Å². The van der Waals surface area contributed by atoms with E-state index in [1.807, 2.05) is 24.3 Å². The highest BCUT2D eigenvalue weighted by Gasteiger charge is 2.16. The lowest BCUT2D eigenvalue weighted by Gasteiger charge is -2.25. The van der Waals surface area contributed by atoms with Gasteiger partial charge in [-0.2, -0.15) is 0 Å². The van der Waals surface area contributed by atoms with Gasteiger partial charge in [-0.1, -0.05) is 12.1 Å². The van der Waals surface area contributed by atoms with Crippen molar-refractivity contribution in [3.8, 4) is 22.6 Å². The van der Waals surface area contributed by atoms with Gasteiger partial charge in [0.15, 0.2) is 0 Å². The van der Waals surface area contributed by atoms with Crippen molar-refractivity contribution in [2.75, 3.05) is 42.3 Å². The lowest BCUT2D eigenvalue weighted by Crippen LogP contribution is -2.33. The predicted molar refractivity (Wildman–Crippen MR) is 98.7 cm³/mol. The third kappa shape index (κ3) is 4.98. The smallest absolute Gasteiger partial charge is 0.124 e. The van der Waals surface area contributed by atoms with Crippen LogP contribution in [0.25, 0.3) is 11.1 Å². The van der Waals surface area contributed by atoms with E-state index in [2.05, 4.69) is 42.3 Å². The van der Waals surface area contributed by atoms with Gasteiger partial charge in [0.25, 0.3) is 0 Å². The van der Waals surface area contributed by atoms with Crippen molar-refractivity contribution in [2.24, 2.45) is 0 Å². The van der Waals surface area contributed by atoms with Crippen LogP contribution < -0.4 is 0 Å². The lowest BCUT2D eigenvalue weighted by molar-refractivity contribution is -0.884. The molecule has 0 aromatic heterocycles. The summed E-state index contributed by atoms with van der Waals surface area (Å²) in [5.74, 6) is 0.661. The van der Waals surface area contributed by atoms with E-state index in [-0.39, 0.29) is 0 Å². The van der Waals surface area contributed by atoms with Crippen LogP contribution in [-0.2, 0) is 13.1 Å². The summed E-state index contributed by atoms with van der Waals surface area (Å²) in [7, 11) is 12.6. The highest BCUT2D eigenvalue weighted by atomic mass is 16.3. The topological polar surface area (TPSA) is 40.5 Å². The fourth-order valence-electron chi connectivity index (χ4n) is 2.81. The van der Waals surface area contributed by atoms with Crippen molar-refractivity contribution in [3.63, 3.8) is 0 Å². The predicted octanol–water partition coefficient (Wildman–Crippen LogP) is 3.18. The van der Waals surface area contributed by atoms with Gasteiger partial charge in [0, 0.05) is 11.1 Å². The van der Waals surface area contributed by atoms with Crippen LogP contribution in [0.2, 0.25) is 0 Å². The molecule has 0 radical (unpaired) electrons. The number of benzene rings is 2. The molecule has 4 heteroatoms. The van der Waals surface area contributed by atoms with E-state index in [1.54, 1.807) is 12.1 Å². The van der Waals surface area contributed by atoms with Crippen molar-refractivity contribution < 1.29 is 19.2 Å². The minimum Gasteiger partial charge on any atom is -0.507 e. The van der Waals surface area contributed by atoms with Crippen LogP contribution in [0, 0.1) is 0 Å². The van der Waals surface area contributed by atoms with Gasteiger partial charge in [0.05, 0.1) is 42.3 Å². The van der Waals surface area contributed by atoms with Crippen LogP contribution in [0.5, 0.6) is 11.5 Å². The fourth-order valence-corrected chi connectivity index (χ4v) is 2.81. The lowest BCUT2D eigenvalue weighted by atomic mass is 9.99. The molecule has 24 heavy (non-hydrogen) atoms. The summed E-state index contributed by atoms with van der Waals surface area (Å²) in [6.45, 7) is 1.51. The summed E-state index contributed by atoms with van der Waals surface area (Å²) in [5.41, 5.74) is 3.97. The van der Waals surface area contributed by atoms with Crippen LogP contribution in [0.4, 0.5) is 0 Å². The van der Waals surface area contributed by atoms with Crippen LogP contribution in [0.3, 0.4) is 0 Å². The Kier molecular flexibility index (Phi) is 4.92. The molecule has 130 valence electrons. The maximum atomic E-state index is 10.1. The first kappa shape index (κ1) is 18.3. The molecule has 2 aromatic carbocycles. The number of phenols is 2. The Morgan fingerprint density at radius 1 is 0.625 bits per heavy atom. The second-order valence-electron chi connectivity index (χ2n) is 8.58. The van der Waals surface area contributed by atoms with Gasteiger partial charge in [-0.3, -0.25) is 0 Å². The number of aromatic hydroxyl groups is 2. The van der Waals surface area contributed by atoms with Gasteiger partial charge in [-0.25, -0.2) is 0 Å². The Hall–Kier alpha value is -2.04. The molecule has 4 nitrogen and oxygen atoms in total. The van der Waals surface area contributed by atoms with E-state index in [1.165, 1.54) is 0 Å². The molecular formula is C20H30N2O2+2. The summed E-state index contributed by atoms with van der Waals surface area (Å²) in [4.78, 5) is 0. The molecule has 0 fully saturated rings. The summed E-state index contributed by atoms with van der Waals surface area (Å²) >= 11 is 0. The molecule has 2 rings (SSSR count). The molecule has 0 spiro atoms.